The Morgan fingerprint density at radius 1 is 1.08 bits per heavy atom. The highest BCUT2D eigenvalue weighted by atomic mass is 35.5. The van der Waals surface area contributed by atoms with E-state index in [4.69, 9.17) is 0 Å². The van der Waals surface area contributed by atoms with Crippen molar-refractivity contribution in [2.75, 3.05) is 31.1 Å². The Labute approximate surface area is 162 Å². The zero-order valence-corrected chi connectivity index (χ0v) is 16.8. The number of fused-ring (bicyclic) bond motifs is 1. The van der Waals surface area contributed by atoms with Crippen molar-refractivity contribution in [3.8, 4) is 0 Å². The molecule has 0 saturated carbocycles. The number of hydrogen-bond acceptors (Lipinski definition) is 5. The van der Waals surface area contributed by atoms with Gasteiger partial charge in [-0.3, -0.25) is 9.69 Å². The number of para-hydroxylation sites is 1. The van der Waals surface area contributed by atoms with Gasteiger partial charge < -0.3 is 4.90 Å². The van der Waals surface area contributed by atoms with Crippen LogP contribution in [0.3, 0.4) is 0 Å². The van der Waals surface area contributed by atoms with E-state index in [1.807, 2.05) is 40.6 Å². The van der Waals surface area contributed by atoms with E-state index < -0.39 is 0 Å². The van der Waals surface area contributed by atoms with E-state index in [0.717, 1.165) is 39.9 Å². The Balaban J connectivity index is 0.00000225. The molecule has 3 rings (SSSR count). The lowest BCUT2D eigenvalue weighted by Gasteiger charge is -2.24. The van der Waals surface area contributed by atoms with Crippen molar-refractivity contribution in [3.05, 3.63) is 46.7 Å². The molecule has 1 aromatic carbocycles. The van der Waals surface area contributed by atoms with Gasteiger partial charge in [-0.1, -0.05) is 43.4 Å². The summed E-state index contributed by atoms with van der Waals surface area (Å²) in [5.41, 5.74) is 0.948. The van der Waals surface area contributed by atoms with Gasteiger partial charge in [0.15, 0.2) is 5.13 Å². The Bertz CT molecular complexity index is 767. The molecule has 2 aromatic heterocycles. The van der Waals surface area contributed by atoms with Crippen LogP contribution in [0.2, 0.25) is 0 Å². The summed E-state index contributed by atoms with van der Waals surface area (Å²) in [5.74, 6) is 0.0382. The van der Waals surface area contributed by atoms with E-state index in [9.17, 15) is 4.79 Å². The number of aromatic nitrogens is 1. The molecule has 0 spiro atoms. The van der Waals surface area contributed by atoms with Crippen LogP contribution < -0.4 is 4.90 Å². The van der Waals surface area contributed by atoms with E-state index in [1.54, 1.807) is 11.3 Å². The second-order valence-corrected chi connectivity index (χ2v) is 7.38. The summed E-state index contributed by atoms with van der Waals surface area (Å²) in [4.78, 5) is 22.5. The second kappa shape index (κ2) is 9.29. The molecule has 7 heteroatoms. The molecule has 25 heavy (non-hydrogen) atoms. The fourth-order valence-electron chi connectivity index (χ4n) is 2.57. The molecule has 2 heterocycles. The lowest BCUT2D eigenvalue weighted by Crippen LogP contribution is -2.38. The van der Waals surface area contributed by atoms with Crippen LogP contribution in [0.1, 0.15) is 23.5 Å². The number of carbonyl (C=O) groups excluding carboxylic acids is 1. The van der Waals surface area contributed by atoms with Gasteiger partial charge in [-0.15, -0.1) is 23.7 Å². The van der Waals surface area contributed by atoms with Crippen molar-refractivity contribution >= 4 is 56.3 Å². The molecule has 0 radical (unpaired) electrons. The van der Waals surface area contributed by atoms with Crippen molar-refractivity contribution < 1.29 is 4.79 Å². The highest BCUT2D eigenvalue weighted by Crippen LogP contribution is 2.30. The number of likely N-dealkylation sites (N-methyl/N-ethyl adjacent to an activating group) is 1. The molecular formula is C18H22ClN3OS2. The minimum atomic E-state index is 0. The summed E-state index contributed by atoms with van der Waals surface area (Å²) in [6.07, 6.45) is 0. The fourth-order valence-corrected chi connectivity index (χ4v) is 4.24. The third-order valence-electron chi connectivity index (χ3n) is 4.02. The van der Waals surface area contributed by atoms with Gasteiger partial charge in [-0.25, -0.2) is 4.98 Å². The third-order valence-corrected chi connectivity index (χ3v) is 5.94. The second-order valence-electron chi connectivity index (χ2n) is 5.43. The minimum Gasteiger partial charge on any atom is -0.302 e. The average Bonchev–Trinajstić information content (AvgIpc) is 3.27. The quantitative estimate of drug-likeness (QED) is 0.578. The number of halogens is 1. The van der Waals surface area contributed by atoms with Crippen LogP contribution in [0.5, 0.6) is 0 Å². The lowest BCUT2D eigenvalue weighted by molar-refractivity contribution is 0.0987. The molecule has 0 unspecified atom stereocenters. The summed E-state index contributed by atoms with van der Waals surface area (Å²) < 4.78 is 1.11. The van der Waals surface area contributed by atoms with Gasteiger partial charge in [0.25, 0.3) is 5.91 Å². The number of thiophene rings is 1. The van der Waals surface area contributed by atoms with Gasteiger partial charge in [0.2, 0.25) is 0 Å². The predicted octanol–water partition coefficient (Wildman–Crippen LogP) is 4.77. The largest absolute Gasteiger partial charge is 0.302 e. The Kier molecular flexibility index (Phi) is 7.38. The van der Waals surface area contributed by atoms with E-state index in [2.05, 4.69) is 29.8 Å². The topological polar surface area (TPSA) is 36.4 Å². The maximum Gasteiger partial charge on any atom is 0.270 e. The summed E-state index contributed by atoms with van der Waals surface area (Å²) in [6.45, 7) is 7.76. The highest BCUT2D eigenvalue weighted by molar-refractivity contribution is 7.22. The first-order valence-electron chi connectivity index (χ1n) is 8.16. The zero-order chi connectivity index (χ0) is 16.9. The number of carbonyl (C=O) groups is 1. The molecule has 0 N–H and O–H groups in total. The molecule has 0 aliphatic carbocycles. The average molecular weight is 396 g/mol. The number of anilines is 1. The molecule has 0 aliphatic rings. The molecule has 0 bridgehead atoms. The number of nitrogens with zero attached hydrogens (tertiary/aromatic N) is 3. The Morgan fingerprint density at radius 3 is 2.48 bits per heavy atom. The van der Waals surface area contributed by atoms with Crippen molar-refractivity contribution in [3.63, 3.8) is 0 Å². The lowest BCUT2D eigenvalue weighted by atomic mass is 10.3. The molecule has 1 amide bonds. The first kappa shape index (κ1) is 19.8. The molecule has 4 nitrogen and oxygen atoms in total. The summed E-state index contributed by atoms with van der Waals surface area (Å²) >= 11 is 3.06. The number of thiazole rings is 1. The van der Waals surface area contributed by atoms with Gasteiger partial charge in [-0.2, -0.15) is 0 Å². The normalized spacial score (nSPS) is 10.8. The number of benzene rings is 1. The van der Waals surface area contributed by atoms with E-state index >= 15 is 0 Å². The summed E-state index contributed by atoms with van der Waals surface area (Å²) in [6, 6.07) is 11.8. The first-order valence-corrected chi connectivity index (χ1v) is 9.85. The zero-order valence-electron chi connectivity index (χ0n) is 14.3. The first-order chi connectivity index (χ1) is 11.7. The number of amides is 1. The van der Waals surface area contributed by atoms with Crippen LogP contribution in [0.25, 0.3) is 10.2 Å². The molecule has 3 aromatic rings. The van der Waals surface area contributed by atoms with Crippen molar-refractivity contribution in [1.82, 2.24) is 9.88 Å². The molecule has 0 saturated heterocycles. The van der Waals surface area contributed by atoms with E-state index in [-0.39, 0.29) is 18.3 Å². The van der Waals surface area contributed by atoms with Crippen LogP contribution >= 0.6 is 35.1 Å². The monoisotopic (exact) mass is 395 g/mol. The standard InChI is InChI=1S/C18H21N3OS2.ClH/c1-3-20(4-2)11-12-21(17(22)16-10-7-13-23-16)18-19-14-8-5-6-9-15(14)24-18;/h5-10,13H,3-4,11-12H2,1-2H3;1H. The van der Waals surface area contributed by atoms with Gasteiger partial charge in [-0.05, 0) is 36.7 Å². The van der Waals surface area contributed by atoms with E-state index in [0.29, 0.717) is 6.54 Å². The van der Waals surface area contributed by atoms with Crippen LogP contribution in [0.4, 0.5) is 5.13 Å². The Hall–Kier alpha value is -1.47. The fraction of sp³-hybridized carbons (Fsp3) is 0.333. The number of hydrogen-bond donors (Lipinski definition) is 0. The van der Waals surface area contributed by atoms with Crippen LogP contribution in [0.15, 0.2) is 41.8 Å². The molecule has 0 atom stereocenters. The van der Waals surface area contributed by atoms with Crippen LogP contribution in [-0.2, 0) is 0 Å². The van der Waals surface area contributed by atoms with Crippen LogP contribution in [-0.4, -0.2) is 42.0 Å². The Morgan fingerprint density at radius 2 is 1.84 bits per heavy atom. The highest BCUT2D eigenvalue weighted by Gasteiger charge is 2.22. The maximum absolute atomic E-state index is 13.0. The van der Waals surface area contributed by atoms with E-state index in [1.165, 1.54) is 11.3 Å². The SMILES string of the molecule is CCN(CC)CCN(C(=O)c1cccs1)c1nc2ccccc2s1.Cl. The van der Waals surface area contributed by atoms with Crippen molar-refractivity contribution in [2.24, 2.45) is 0 Å². The third kappa shape index (κ3) is 4.58. The maximum atomic E-state index is 13.0. The molecule has 0 fully saturated rings. The van der Waals surface area contributed by atoms with Gasteiger partial charge >= 0.3 is 0 Å². The minimum absolute atomic E-state index is 0. The number of rotatable bonds is 7. The molecular weight excluding hydrogens is 374 g/mol. The smallest absolute Gasteiger partial charge is 0.270 e. The predicted molar refractivity (Wildman–Crippen MR) is 111 cm³/mol. The summed E-state index contributed by atoms with van der Waals surface area (Å²) in [5, 5.41) is 2.72. The molecule has 0 aliphatic heterocycles. The van der Waals surface area contributed by atoms with Gasteiger partial charge in [0.1, 0.15) is 0 Å². The van der Waals surface area contributed by atoms with Gasteiger partial charge in [0, 0.05) is 13.1 Å². The van der Waals surface area contributed by atoms with Crippen LogP contribution in [0, 0.1) is 0 Å². The molecule has 134 valence electrons. The summed E-state index contributed by atoms with van der Waals surface area (Å²) in [7, 11) is 0. The van der Waals surface area contributed by atoms with Gasteiger partial charge in [0.05, 0.1) is 15.1 Å². The van der Waals surface area contributed by atoms with Crippen molar-refractivity contribution in [1.29, 1.82) is 0 Å². The van der Waals surface area contributed by atoms with Crippen molar-refractivity contribution in [2.45, 2.75) is 13.8 Å².